The molecule has 0 aliphatic heterocycles. The Labute approximate surface area is 81.2 Å². The Kier molecular flexibility index (Phi) is 2.97. The van der Waals surface area contributed by atoms with Gasteiger partial charge in [-0.1, -0.05) is 25.2 Å². The van der Waals surface area contributed by atoms with Gasteiger partial charge in [0.1, 0.15) is 0 Å². The van der Waals surface area contributed by atoms with E-state index in [0.29, 0.717) is 5.92 Å². The Morgan fingerprint density at radius 2 is 2.23 bits per heavy atom. The van der Waals surface area contributed by atoms with Gasteiger partial charge in [-0.05, 0) is 37.5 Å². The van der Waals surface area contributed by atoms with Crippen molar-refractivity contribution in [2.45, 2.75) is 39.2 Å². The maximum Gasteiger partial charge on any atom is 0.0546 e. The maximum absolute atomic E-state index is 9.58. The number of allylic oxidation sites excluding steroid dienone is 2. The van der Waals surface area contributed by atoms with E-state index < -0.39 is 0 Å². The standard InChI is InChI=1S/C12H20O/c1-5-12(4)7-6-10(13)8-11(12)9(2)3/h5,10-11,13H,1-2,6-8H2,3-4H3/t10-,11-,12+/m1/s1. The molecule has 0 spiro atoms. The third-order valence-corrected chi connectivity index (χ3v) is 3.38. The first-order valence-electron chi connectivity index (χ1n) is 4.96. The van der Waals surface area contributed by atoms with Crippen LogP contribution in [0.5, 0.6) is 0 Å². The summed E-state index contributed by atoms with van der Waals surface area (Å²) >= 11 is 0. The lowest BCUT2D eigenvalue weighted by molar-refractivity contribution is 0.0581. The average molecular weight is 180 g/mol. The lowest BCUT2D eigenvalue weighted by Crippen LogP contribution is -2.35. The predicted molar refractivity (Wildman–Crippen MR) is 56.5 cm³/mol. The third kappa shape index (κ3) is 2.02. The van der Waals surface area contributed by atoms with E-state index in [-0.39, 0.29) is 11.5 Å². The van der Waals surface area contributed by atoms with Gasteiger partial charge >= 0.3 is 0 Å². The monoisotopic (exact) mass is 180 g/mol. The quantitative estimate of drug-likeness (QED) is 0.648. The summed E-state index contributed by atoms with van der Waals surface area (Å²) < 4.78 is 0. The van der Waals surface area contributed by atoms with Crippen molar-refractivity contribution in [3.8, 4) is 0 Å². The lowest BCUT2D eigenvalue weighted by Gasteiger charge is -2.41. The number of hydrogen-bond acceptors (Lipinski definition) is 1. The molecule has 0 bridgehead atoms. The van der Waals surface area contributed by atoms with Crippen molar-refractivity contribution in [1.29, 1.82) is 0 Å². The molecule has 0 aromatic heterocycles. The SMILES string of the molecule is C=C[C@@]1(C)CC[C@@H](O)C[C@@H]1C(=C)C. The van der Waals surface area contributed by atoms with E-state index in [1.54, 1.807) is 0 Å². The minimum absolute atomic E-state index is 0.144. The zero-order valence-electron chi connectivity index (χ0n) is 8.71. The van der Waals surface area contributed by atoms with Crippen molar-refractivity contribution in [1.82, 2.24) is 0 Å². The van der Waals surface area contributed by atoms with E-state index in [2.05, 4.69) is 20.1 Å². The molecule has 1 fully saturated rings. The van der Waals surface area contributed by atoms with E-state index in [1.807, 2.05) is 13.0 Å². The molecule has 0 aromatic carbocycles. The fraction of sp³-hybridized carbons (Fsp3) is 0.667. The van der Waals surface area contributed by atoms with E-state index in [0.717, 1.165) is 19.3 Å². The van der Waals surface area contributed by atoms with Gasteiger partial charge in [-0.3, -0.25) is 0 Å². The molecule has 1 heteroatoms. The van der Waals surface area contributed by atoms with Crippen LogP contribution in [0.15, 0.2) is 24.8 Å². The second-order valence-electron chi connectivity index (χ2n) is 4.54. The Morgan fingerprint density at radius 1 is 1.62 bits per heavy atom. The average Bonchev–Trinajstić information content (AvgIpc) is 2.09. The Morgan fingerprint density at radius 3 is 2.69 bits per heavy atom. The van der Waals surface area contributed by atoms with Crippen molar-refractivity contribution >= 4 is 0 Å². The third-order valence-electron chi connectivity index (χ3n) is 3.38. The number of hydrogen-bond donors (Lipinski definition) is 1. The van der Waals surface area contributed by atoms with E-state index >= 15 is 0 Å². The van der Waals surface area contributed by atoms with Crippen molar-refractivity contribution in [3.05, 3.63) is 24.8 Å². The summed E-state index contributed by atoms with van der Waals surface area (Å²) in [5.41, 5.74) is 1.31. The molecule has 0 radical (unpaired) electrons. The van der Waals surface area contributed by atoms with Gasteiger partial charge in [-0.15, -0.1) is 6.58 Å². The molecule has 1 N–H and O–H groups in total. The lowest BCUT2D eigenvalue weighted by atomic mass is 9.64. The summed E-state index contributed by atoms with van der Waals surface area (Å²) in [4.78, 5) is 0. The highest BCUT2D eigenvalue weighted by atomic mass is 16.3. The van der Waals surface area contributed by atoms with Gasteiger partial charge in [0, 0.05) is 0 Å². The van der Waals surface area contributed by atoms with Crippen molar-refractivity contribution < 1.29 is 5.11 Å². The molecular formula is C12H20O. The first kappa shape index (κ1) is 10.5. The smallest absolute Gasteiger partial charge is 0.0546 e. The largest absolute Gasteiger partial charge is 0.393 e. The van der Waals surface area contributed by atoms with Crippen LogP contribution < -0.4 is 0 Å². The zero-order valence-corrected chi connectivity index (χ0v) is 8.71. The summed E-state index contributed by atoms with van der Waals surface area (Å²) in [5, 5.41) is 9.58. The summed E-state index contributed by atoms with van der Waals surface area (Å²) in [6.45, 7) is 12.1. The molecule has 1 nitrogen and oxygen atoms in total. The molecule has 1 rings (SSSR count). The minimum Gasteiger partial charge on any atom is -0.393 e. The molecule has 74 valence electrons. The summed E-state index contributed by atoms with van der Waals surface area (Å²) in [7, 11) is 0. The molecule has 1 aliphatic carbocycles. The number of rotatable bonds is 2. The van der Waals surface area contributed by atoms with E-state index in [4.69, 9.17) is 0 Å². The van der Waals surface area contributed by atoms with Crippen molar-refractivity contribution in [2.24, 2.45) is 11.3 Å². The molecule has 1 saturated carbocycles. The summed E-state index contributed by atoms with van der Waals surface area (Å²) in [6, 6.07) is 0. The van der Waals surface area contributed by atoms with E-state index in [9.17, 15) is 5.11 Å². The van der Waals surface area contributed by atoms with Gasteiger partial charge in [0.2, 0.25) is 0 Å². The Hall–Kier alpha value is -0.560. The fourth-order valence-electron chi connectivity index (χ4n) is 2.32. The molecule has 0 heterocycles. The Balaban J connectivity index is 2.83. The topological polar surface area (TPSA) is 20.2 Å². The van der Waals surface area contributed by atoms with Gasteiger partial charge < -0.3 is 5.11 Å². The van der Waals surface area contributed by atoms with Gasteiger partial charge in [0.25, 0.3) is 0 Å². The van der Waals surface area contributed by atoms with Gasteiger partial charge in [-0.2, -0.15) is 0 Å². The summed E-state index contributed by atoms with van der Waals surface area (Å²) in [6.07, 6.45) is 4.65. The number of aliphatic hydroxyl groups is 1. The highest BCUT2D eigenvalue weighted by molar-refractivity contribution is 5.11. The normalized spacial score (nSPS) is 39.9. The first-order chi connectivity index (χ1) is 5.99. The van der Waals surface area contributed by atoms with Gasteiger partial charge in [0.05, 0.1) is 6.10 Å². The minimum atomic E-state index is -0.144. The Bertz CT molecular complexity index is 219. The number of aliphatic hydroxyl groups excluding tert-OH is 1. The fourth-order valence-corrected chi connectivity index (χ4v) is 2.32. The first-order valence-corrected chi connectivity index (χ1v) is 4.96. The van der Waals surface area contributed by atoms with Crippen LogP contribution in [0.25, 0.3) is 0 Å². The molecule has 0 saturated heterocycles. The van der Waals surface area contributed by atoms with Crippen LogP contribution in [-0.2, 0) is 0 Å². The molecule has 3 atom stereocenters. The summed E-state index contributed by atoms with van der Waals surface area (Å²) in [5.74, 6) is 0.397. The molecule has 13 heavy (non-hydrogen) atoms. The zero-order chi connectivity index (χ0) is 10.1. The van der Waals surface area contributed by atoms with Crippen molar-refractivity contribution in [2.75, 3.05) is 0 Å². The van der Waals surface area contributed by atoms with Gasteiger partial charge in [0.15, 0.2) is 0 Å². The molecule has 0 unspecified atom stereocenters. The van der Waals surface area contributed by atoms with Crippen LogP contribution in [0.2, 0.25) is 0 Å². The van der Waals surface area contributed by atoms with Crippen LogP contribution in [0.3, 0.4) is 0 Å². The van der Waals surface area contributed by atoms with Crippen LogP contribution in [-0.4, -0.2) is 11.2 Å². The highest BCUT2D eigenvalue weighted by Gasteiger charge is 2.37. The van der Waals surface area contributed by atoms with Gasteiger partial charge in [-0.25, -0.2) is 0 Å². The van der Waals surface area contributed by atoms with Crippen molar-refractivity contribution in [3.63, 3.8) is 0 Å². The van der Waals surface area contributed by atoms with E-state index in [1.165, 1.54) is 5.57 Å². The molecule has 1 aliphatic rings. The molecule has 0 amide bonds. The molecular weight excluding hydrogens is 160 g/mol. The molecule has 0 aromatic rings. The second-order valence-corrected chi connectivity index (χ2v) is 4.54. The predicted octanol–water partition coefficient (Wildman–Crippen LogP) is 2.92. The van der Waals surface area contributed by atoms with Crippen LogP contribution in [0.4, 0.5) is 0 Å². The van der Waals surface area contributed by atoms with Crippen LogP contribution >= 0.6 is 0 Å². The highest BCUT2D eigenvalue weighted by Crippen LogP contribution is 2.44. The van der Waals surface area contributed by atoms with Crippen LogP contribution in [0, 0.1) is 11.3 Å². The van der Waals surface area contributed by atoms with Crippen LogP contribution in [0.1, 0.15) is 33.1 Å². The maximum atomic E-state index is 9.58. The second kappa shape index (κ2) is 3.67.